The van der Waals surface area contributed by atoms with Gasteiger partial charge in [0, 0.05) is 12.7 Å². The largest absolute Gasteiger partial charge is 0.418 e. The summed E-state index contributed by atoms with van der Waals surface area (Å²) in [5.74, 6) is 0. The van der Waals surface area contributed by atoms with Crippen LogP contribution in [0.2, 0.25) is 0 Å². The molecule has 0 unspecified atom stereocenters. The highest BCUT2D eigenvalue weighted by atomic mass is 19.4. The third-order valence-electron chi connectivity index (χ3n) is 2.30. The number of rotatable bonds is 6. The van der Waals surface area contributed by atoms with E-state index in [1.807, 2.05) is 0 Å². The van der Waals surface area contributed by atoms with Crippen LogP contribution in [0.1, 0.15) is 24.1 Å². The predicted octanol–water partition coefficient (Wildman–Crippen LogP) is 1.93. The summed E-state index contributed by atoms with van der Waals surface area (Å²) in [4.78, 5) is 3.76. The van der Waals surface area contributed by atoms with Gasteiger partial charge in [0.05, 0.1) is 11.3 Å². The second-order valence-electron chi connectivity index (χ2n) is 3.67. The van der Waals surface area contributed by atoms with E-state index in [0.717, 1.165) is 18.9 Å². The van der Waals surface area contributed by atoms with E-state index in [9.17, 15) is 13.2 Å². The summed E-state index contributed by atoms with van der Waals surface area (Å²) in [7, 11) is 0. The average molecular weight is 247 g/mol. The Kier molecular flexibility index (Phi) is 5.37. The fourth-order valence-corrected chi connectivity index (χ4v) is 1.44. The summed E-state index contributed by atoms with van der Waals surface area (Å²) in [6, 6.07) is 2.34. The highest BCUT2D eigenvalue weighted by Gasteiger charge is 2.33. The third kappa shape index (κ3) is 4.70. The van der Waals surface area contributed by atoms with Crippen molar-refractivity contribution in [2.75, 3.05) is 13.1 Å². The second kappa shape index (κ2) is 6.56. The van der Waals surface area contributed by atoms with Crippen LogP contribution in [0.4, 0.5) is 13.2 Å². The Morgan fingerprint density at radius 3 is 2.71 bits per heavy atom. The van der Waals surface area contributed by atoms with Gasteiger partial charge in [-0.1, -0.05) is 0 Å². The molecule has 0 amide bonds. The van der Waals surface area contributed by atoms with Crippen molar-refractivity contribution in [2.45, 2.75) is 25.6 Å². The van der Waals surface area contributed by atoms with E-state index in [-0.39, 0.29) is 12.2 Å². The summed E-state index contributed by atoms with van der Waals surface area (Å²) < 4.78 is 37.8. The molecular formula is C11H16F3N3. The quantitative estimate of drug-likeness (QED) is 0.755. The SMILES string of the molecule is NCCCCNCc1ncccc1C(F)(F)F. The van der Waals surface area contributed by atoms with Gasteiger partial charge >= 0.3 is 6.18 Å². The van der Waals surface area contributed by atoms with Gasteiger partial charge in [-0.25, -0.2) is 0 Å². The van der Waals surface area contributed by atoms with Crippen molar-refractivity contribution in [2.24, 2.45) is 5.73 Å². The molecule has 3 nitrogen and oxygen atoms in total. The van der Waals surface area contributed by atoms with Crippen molar-refractivity contribution in [1.82, 2.24) is 10.3 Å². The zero-order chi connectivity index (χ0) is 12.7. The Balaban J connectivity index is 2.53. The van der Waals surface area contributed by atoms with Gasteiger partial charge in [-0.15, -0.1) is 0 Å². The molecule has 0 aliphatic heterocycles. The van der Waals surface area contributed by atoms with Gasteiger partial charge in [0.15, 0.2) is 0 Å². The van der Waals surface area contributed by atoms with E-state index in [0.29, 0.717) is 13.1 Å². The van der Waals surface area contributed by atoms with E-state index in [2.05, 4.69) is 10.3 Å². The summed E-state index contributed by atoms with van der Waals surface area (Å²) in [6.07, 6.45) is -1.26. The maximum atomic E-state index is 12.6. The Hall–Kier alpha value is -1.14. The van der Waals surface area contributed by atoms with Gasteiger partial charge in [0.1, 0.15) is 0 Å². The normalized spacial score (nSPS) is 11.8. The van der Waals surface area contributed by atoms with Gasteiger partial charge in [-0.05, 0) is 38.1 Å². The molecule has 1 rings (SSSR count). The first-order chi connectivity index (χ1) is 8.05. The van der Waals surface area contributed by atoms with Gasteiger partial charge in [-0.3, -0.25) is 4.98 Å². The number of alkyl halides is 3. The topological polar surface area (TPSA) is 50.9 Å². The highest BCUT2D eigenvalue weighted by Crippen LogP contribution is 2.30. The van der Waals surface area contributed by atoms with Crippen molar-refractivity contribution < 1.29 is 13.2 Å². The third-order valence-corrected chi connectivity index (χ3v) is 2.30. The summed E-state index contributed by atoms with van der Waals surface area (Å²) in [6.45, 7) is 1.37. The van der Waals surface area contributed by atoms with Crippen molar-refractivity contribution in [3.63, 3.8) is 0 Å². The molecule has 0 atom stereocenters. The molecule has 17 heavy (non-hydrogen) atoms. The van der Waals surface area contributed by atoms with Crippen LogP contribution in [-0.2, 0) is 12.7 Å². The average Bonchev–Trinajstić information content (AvgIpc) is 2.28. The number of unbranched alkanes of at least 4 members (excludes halogenated alkanes) is 1. The monoisotopic (exact) mass is 247 g/mol. The minimum atomic E-state index is -4.34. The number of nitrogens with one attached hydrogen (secondary N) is 1. The van der Waals surface area contributed by atoms with Crippen LogP contribution < -0.4 is 11.1 Å². The molecule has 96 valence electrons. The minimum absolute atomic E-state index is 0.0350. The second-order valence-corrected chi connectivity index (χ2v) is 3.67. The zero-order valence-electron chi connectivity index (χ0n) is 9.43. The fourth-order valence-electron chi connectivity index (χ4n) is 1.44. The number of halogens is 3. The maximum Gasteiger partial charge on any atom is 0.418 e. The molecule has 0 saturated carbocycles. The molecule has 3 N–H and O–H groups in total. The Labute approximate surface area is 98.2 Å². The number of pyridine rings is 1. The van der Waals surface area contributed by atoms with Gasteiger partial charge in [0.25, 0.3) is 0 Å². The Bertz CT molecular complexity index is 339. The van der Waals surface area contributed by atoms with E-state index in [4.69, 9.17) is 5.73 Å². The fraction of sp³-hybridized carbons (Fsp3) is 0.545. The lowest BCUT2D eigenvalue weighted by Gasteiger charge is -2.12. The van der Waals surface area contributed by atoms with Crippen LogP contribution in [0.15, 0.2) is 18.3 Å². The lowest BCUT2D eigenvalue weighted by atomic mass is 10.2. The molecule has 0 radical (unpaired) electrons. The van der Waals surface area contributed by atoms with Crippen LogP contribution in [0.3, 0.4) is 0 Å². The molecule has 0 aliphatic rings. The maximum absolute atomic E-state index is 12.6. The van der Waals surface area contributed by atoms with E-state index >= 15 is 0 Å². The van der Waals surface area contributed by atoms with Gasteiger partial charge in [-0.2, -0.15) is 13.2 Å². The van der Waals surface area contributed by atoms with Crippen LogP contribution >= 0.6 is 0 Å². The summed E-state index contributed by atoms with van der Waals surface area (Å²) >= 11 is 0. The standard InChI is InChI=1S/C11H16F3N3/c12-11(13,14)9-4-3-7-17-10(9)8-16-6-2-1-5-15/h3-4,7,16H,1-2,5-6,8,15H2. The molecule has 1 aromatic heterocycles. The first-order valence-corrected chi connectivity index (χ1v) is 5.47. The van der Waals surface area contributed by atoms with Gasteiger partial charge in [0.2, 0.25) is 0 Å². The van der Waals surface area contributed by atoms with E-state index in [1.165, 1.54) is 12.3 Å². The van der Waals surface area contributed by atoms with Crippen molar-refractivity contribution in [3.8, 4) is 0 Å². The number of nitrogens with zero attached hydrogens (tertiary/aromatic N) is 1. The lowest BCUT2D eigenvalue weighted by Crippen LogP contribution is -2.20. The number of aromatic nitrogens is 1. The molecule has 0 aliphatic carbocycles. The number of hydrogen-bond acceptors (Lipinski definition) is 3. The molecule has 1 aromatic rings. The molecule has 0 aromatic carbocycles. The van der Waals surface area contributed by atoms with E-state index in [1.54, 1.807) is 0 Å². The Morgan fingerprint density at radius 2 is 2.06 bits per heavy atom. The van der Waals surface area contributed by atoms with E-state index < -0.39 is 11.7 Å². The predicted molar refractivity (Wildman–Crippen MR) is 59.2 cm³/mol. The first-order valence-electron chi connectivity index (χ1n) is 5.47. The summed E-state index contributed by atoms with van der Waals surface area (Å²) in [5.41, 5.74) is 4.67. The first kappa shape index (κ1) is 13.9. The summed E-state index contributed by atoms with van der Waals surface area (Å²) in [5, 5.41) is 2.93. The smallest absolute Gasteiger partial charge is 0.330 e. The highest BCUT2D eigenvalue weighted by molar-refractivity contribution is 5.22. The molecular weight excluding hydrogens is 231 g/mol. The molecule has 6 heteroatoms. The molecule has 0 saturated heterocycles. The lowest BCUT2D eigenvalue weighted by molar-refractivity contribution is -0.138. The number of nitrogens with two attached hydrogens (primary N) is 1. The van der Waals surface area contributed by atoms with Crippen molar-refractivity contribution in [3.05, 3.63) is 29.6 Å². The van der Waals surface area contributed by atoms with Crippen LogP contribution in [0, 0.1) is 0 Å². The molecule has 0 bridgehead atoms. The van der Waals surface area contributed by atoms with Crippen LogP contribution in [0.5, 0.6) is 0 Å². The van der Waals surface area contributed by atoms with Crippen LogP contribution in [-0.4, -0.2) is 18.1 Å². The number of hydrogen-bond donors (Lipinski definition) is 2. The van der Waals surface area contributed by atoms with Crippen molar-refractivity contribution in [1.29, 1.82) is 0 Å². The molecule has 1 heterocycles. The minimum Gasteiger partial charge on any atom is -0.330 e. The van der Waals surface area contributed by atoms with Crippen molar-refractivity contribution >= 4 is 0 Å². The molecule has 0 spiro atoms. The van der Waals surface area contributed by atoms with Gasteiger partial charge < -0.3 is 11.1 Å². The Morgan fingerprint density at radius 1 is 1.29 bits per heavy atom. The molecule has 0 fully saturated rings. The zero-order valence-corrected chi connectivity index (χ0v) is 9.43. The van der Waals surface area contributed by atoms with Crippen LogP contribution in [0.25, 0.3) is 0 Å².